The van der Waals surface area contributed by atoms with Gasteiger partial charge in [-0.2, -0.15) is 0 Å². The number of pyridine rings is 3. The van der Waals surface area contributed by atoms with Crippen LogP contribution in [0.5, 0.6) is 0 Å². The Balaban J connectivity index is 1.52. The minimum atomic E-state index is 0.816. The van der Waals surface area contributed by atoms with Crippen molar-refractivity contribution < 1.29 is 0 Å². The Morgan fingerprint density at radius 1 is 0.553 bits per heavy atom. The molecule has 0 unspecified atom stereocenters. The average Bonchev–Trinajstić information content (AvgIpc) is 3.58. The highest BCUT2D eigenvalue weighted by molar-refractivity contribution is 7.17. The monoisotopic (exact) mass is 504 g/mol. The number of aromatic nitrogens is 4. The molecule has 0 aliphatic rings. The summed E-state index contributed by atoms with van der Waals surface area (Å²) in [5, 5.41) is 8.43. The third kappa shape index (κ3) is 3.26. The molecule has 0 radical (unpaired) electrons. The van der Waals surface area contributed by atoms with Crippen molar-refractivity contribution in [3.8, 4) is 28.5 Å². The molecule has 0 spiro atoms. The molecule has 0 fully saturated rings. The third-order valence-electron chi connectivity index (χ3n) is 7.15. The first kappa shape index (κ1) is 21.2. The molecule has 0 bridgehead atoms. The normalized spacial score (nSPS) is 11.7. The molecule has 5 heterocycles. The van der Waals surface area contributed by atoms with Gasteiger partial charge >= 0.3 is 0 Å². The van der Waals surface area contributed by atoms with Crippen LogP contribution < -0.4 is 0 Å². The zero-order chi connectivity index (χ0) is 25.1. The summed E-state index contributed by atoms with van der Waals surface area (Å²) in [6, 6.07) is 36.1. The molecule has 38 heavy (non-hydrogen) atoms. The van der Waals surface area contributed by atoms with E-state index in [1.165, 1.54) is 42.7 Å². The van der Waals surface area contributed by atoms with E-state index in [4.69, 9.17) is 4.98 Å². The van der Waals surface area contributed by atoms with Crippen LogP contribution in [-0.4, -0.2) is 19.5 Å². The maximum atomic E-state index is 5.00. The molecule has 4 nitrogen and oxygen atoms in total. The minimum absolute atomic E-state index is 0.816. The van der Waals surface area contributed by atoms with Crippen molar-refractivity contribution in [2.75, 3.05) is 0 Å². The summed E-state index contributed by atoms with van der Waals surface area (Å²) in [6.45, 7) is 0. The molecule has 0 saturated carbocycles. The molecular formula is C33H20N4S. The van der Waals surface area contributed by atoms with Crippen molar-refractivity contribution in [3.63, 3.8) is 0 Å². The summed E-state index contributed by atoms with van der Waals surface area (Å²) in [7, 11) is 0. The lowest BCUT2D eigenvalue weighted by molar-refractivity contribution is 1.14. The fraction of sp³-hybridized carbons (Fsp3) is 0. The van der Waals surface area contributed by atoms with Crippen LogP contribution in [0.4, 0.5) is 0 Å². The predicted molar refractivity (Wildman–Crippen MR) is 158 cm³/mol. The van der Waals surface area contributed by atoms with Crippen molar-refractivity contribution in [1.29, 1.82) is 0 Å². The van der Waals surface area contributed by atoms with Gasteiger partial charge in [-0.15, -0.1) is 11.3 Å². The summed E-state index contributed by atoms with van der Waals surface area (Å²) in [5.74, 6) is 0. The Morgan fingerprint density at radius 2 is 1.29 bits per heavy atom. The van der Waals surface area contributed by atoms with Gasteiger partial charge in [-0.25, -0.2) is 4.98 Å². The van der Waals surface area contributed by atoms with Crippen LogP contribution in [0.3, 0.4) is 0 Å². The Labute approximate surface area is 222 Å². The quantitative estimate of drug-likeness (QED) is 0.242. The molecule has 8 rings (SSSR count). The largest absolute Gasteiger partial charge is 0.309 e. The molecule has 3 aromatic carbocycles. The zero-order valence-electron chi connectivity index (χ0n) is 20.2. The molecule has 0 N–H and O–H groups in total. The topological polar surface area (TPSA) is 43.6 Å². The van der Waals surface area contributed by atoms with E-state index in [9.17, 15) is 0 Å². The van der Waals surface area contributed by atoms with E-state index < -0.39 is 0 Å². The smallest absolute Gasteiger partial charge is 0.0915 e. The number of benzene rings is 3. The van der Waals surface area contributed by atoms with Gasteiger partial charge in [0.1, 0.15) is 0 Å². The van der Waals surface area contributed by atoms with Crippen molar-refractivity contribution in [3.05, 3.63) is 121 Å². The second-order valence-corrected chi connectivity index (χ2v) is 10.3. The zero-order valence-corrected chi connectivity index (χ0v) is 21.1. The Bertz CT molecular complexity index is 2070. The molecule has 178 valence electrons. The molecular weight excluding hydrogens is 484 g/mol. The molecule has 8 aromatic rings. The lowest BCUT2D eigenvalue weighted by Crippen LogP contribution is -1.99. The molecule has 0 saturated heterocycles. The van der Waals surface area contributed by atoms with E-state index in [-0.39, 0.29) is 0 Å². The minimum Gasteiger partial charge on any atom is -0.309 e. The third-order valence-corrected chi connectivity index (χ3v) is 8.03. The molecule has 0 atom stereocenters. The van der Waals surface area contributed by atoms with Gasteiger partial charge in [0.05, 0.1) is 39.5 Å². The van der Waals surface area contributed by atoms with Gasteiger partial charge in [0.25, 0.3) is 0 Å². The van der Waals surface area contributed by atoms with Crippen LogP contribution in [0.25, 0.3) is 71.1 Å². The van der Waals surface area contributed by atoms with Gasteiger partial charge in [0.2, 0.25) is 0 Å². The van der Waals surface area contributed by atoms with Gasteiger partial charge < -0.3 is 4.57 Å². The van der Waals surface area contributed by atoms with Gasteiger partial charge in [0.15, 0.2) is 0 Å². The summed E-state index contributed by atoms with van der Waals surface area (Å²) < 4.78 is 3.66. The second-order valence-electron chi connectivity index (χ2n) is 9.37. The first-order valence-electron chi connectivity index (χ1n) is 12.5. The predicted octanol–water partition coefficient (Wildman–Crippen LogP) is 8.67. The van der Waals surface area contributed by atoms with Gasteiger partial charge in [-0.1, -0.05) is 42.5 Å². The van der Waals surface area contributed by atoms with Gasteiger partial charge in [-0.05, 0) is 82.2 Å². The molecule has 0 aliphatic carbocycles. The first-order chi connectivity index (χ1) is 18.8. The van der Waals surface area contributed by atoms with Crippen molar-refractivity contribution in [2.24, 2.45) is 0 Å². The molecule has 5 aromatic heterocycles. The summed E-state index contributed by atoms with van der Waals surface area (Å²) in [4.78, 5) is 14.2. The SMILES string of the molecule is c1ccc(-c2cc(-n3c4cc5ccsc5cc4c4c5ccccc5ccc43)cc(-c3ccccn3)n2)nc1. The standard InChI is InChI=1S/C33H20N4S/c1-2-8-24-21(7-1)11-12-30-33(24)25-20-32-22(13-16-38-32)17-31(25)37(30)23-18-28(26-9-3-5-14-34-26)36-29(19-23)27-10-4-6-15-35-27/h1-20H. The van der Waals surface area contributed by atoms with E-state index in [0.29, 0.717) is 0 Å². The first-order valence-corrected chi connectivity index (χ1v) is 13.4. The number of fused-ring (bicyclic) bond motifs is 6. The van der Waals surface area contributed by atoms with E-state index >= 15 is 0 Å². The Hall–Kier alpha value is -4.87. The number of nitrogens with zero attached hydrogens (tertiary/aromatic N) is 4. The molecule has 0 aliphatic heterocycles. The Morgan fingerprint density at radius 3 is 2.03 bits per heavy atom. The number of rotatable bonds is 3. The summed E-state index contributed by atoms with van der Waals surface area (Å²) in [6.07, 6.45) is 3.62. The number of hydrogen-bond donors (Lipinski definition) is 0. The van der Waals surface area contributed by atoms with Crippen LogP contribution in [-0.2, 0) is 0 Å². The lowest BCUT2D eigenvalue weighted by Gasteiger charge is -2.13. The van der Waals surface area contributed by atoms with Gasteiger partial charge in [0, 0.05) is 27.9 Å². The highest BCUT2D eigenvalue weighted by atomic mass is 32.1. The molecule has 5 heteroatoms. The summed E-state index contributed by atoms with van der Waals surface area (Å²) in [5.41, 5.74) is 6.67. The highest BCUT2D eigenvalue weighted by Gasteiger charge is 2.18. The van der Waals surface area contributed by atoms with Crippen molar-refractivity contribution >= 4 is 54.0 Å². The van der Waals surface area contributed by atoms with Crippen LogP contribution >= 0.6 is 11.3 Å². The fourth-order valence-corrected chi connectivity index (χ4v) is 6.27. The van der Waals surface area contributed by atoms with E-state index in [1.54, 1.807) is 11.3 Å². The van der Waals surface area contributed by atoms with Crippen LogP contribution in [0, 0.1) is 0 Å². The maximum Gasteiger partial charge on any atom is 0.0915 e. The summed E-state index contributed by atoms with van der Waals surface area (Å²) >= 11 is 1.78. The highest BCUT2D eigenvalue weighted by Crippen LogP contribution is 2.40. The van der Waals surface area contributed by atoms with Gasteiger partial charge in [-0.3, -0.25) is 9.97 Å². The maximum absolute atomic E-state index is 5.00. The number of thiophene rings is 1. The van der Waals surface area contributed by atoms with E-state index in [2.05, 4.69) is 86.6 Å². The van der Waals surface area contributed by atoms with Crippen LogP contribution in [0.2, 0.25) is 0 Å². The second kappa shape index (κ2) is 8.33. The van der Waals surface area contributed by atoms with E-state index in [1.807, 2.05) is 48.8 Å². The van der Waals surface area contributed by atoms with Crippen LogP contribution in [0.15, 0.2) is 121 Å². The Kier molecular flexibility index (Phi) is 4.66. The van der Waals surface area contributed by atoms with Crippen molar-refractivity contribution in [2.45, 2.75) is 0 Å². The average molecular weight is 505 g/mol. The van der Waals surface area contributed by atoms with E-state index in [0.717, 1.165) is 28.5 Å². The van der Waals surface area contributed by atoms with Crippen LogP contribution in [0.1, 0.15) is 0 Å². The molecule has 0 amide bonds. The number of hydrogen-bond acceptors (Lipinski definition) is 4. The fourth-order valence-electron chi connectivity index (χ4n) is 5.46. The lowest BCUT2D eigenvalue weighted by atomic mass is 10.0. The van der Waals surface area contributed by atoms with Crippen molar-refractivity contribution in [1.82, 2.24) is 19.5 Å².